The second-order valence-corrected chi connectivity index (χ2v) is 3.85. The molecular formula is C10H10BrNO. The Kier molecular flexibility index (Phi) is 2.04. The molecule has 0 radical (unpaired) electrons. The zero-order chi connectivity index (χ0) is 9.42. The first-order valence-electron chi connectivity index (χ1n) is 4.04. The van der Waals surface area contributed by atoms with Gasteiger partial charge in [0.2, 0.25) is 0 Å². The Morgan fingerprint density at radius 2 is 2.15 bits per heavy atom. The number of hydrogen-bond acceptors (Lipinski definition) is 1. The number of H-pyrrole nitrogens is 1. The quantitative estimate of drug-likeness (QED) is 0.813. The normalized spacial score (nSPS) is 10.7. The summed E-state index contributed by atoms with van der Waals surface area (Å²) in [6, 6.07) is 6.09. The van der Waals surface area contributed by atoms with Crippen molar-refractivity contribution in [2.75, 3.05) is 7.11 Å². The minimum absolute atomic E-state index is 0.881. The Morgan fingerprint density at radius 3 is 2.85 bits per heavy atom. The van der Waals surface area contributed by atoms with Crippen LogP contribution in [0.4, 0.5) is 0 Å². The molecule has 0 fully saturated rings. The average molecular weight is 240 g/mol. The summed E-state index contributed by atoms with van der Waals surface area (Å²) in [5.74, 6) is 0.881. The molecule has 3 heteroatoms. The zero-order valence-corrected chi connectivity index (χ0v) is 9.10. The van der Waals surface area contributed by atoms with E-state index in [1.165, 1.54) is 10.9 Å². The molecule has 0 aliphatic carbocycles. The molecule has 0 amide bonds. The average Bonchev–Trinajstić information content (AvgIpc) is 2.48. The van der Waals surface area contributed by atoms with Crippen LogP contribution >= 0.6 is 15.9 Å². The highest BCUT2D eigenvalue weighted by molar-refractivity contribution is 9.10. The minimum Gasteiger partial charge on any atom is -0.495 e. The van der Waals surface area contributed by atoms with Crippen molar-refractivity contribution in [3.8, 4) is 5.75 Å². The van der Waals surface area contributed by atoms with Crippen LogP contribution in [-0.2, 0) is 0 Å². The van der Waals surface area contributed by atoms with Crippen LogP contribution in [0.1, 0.15) is 5.56 Å². The fraction of sp³-hybridized carbons (Fsp3) is 0.200. The molecular weight excluding hydrogens is 230 g/mol. The third kappa shape index (κ3) is 1.33. The second kappa shape index (κ2) is 3.07. The monoisotopic (exact) mass is 239 g/mol. The molecule has 2 aromatic rings. The van der Waals surface area contributed by atoms with Gasteiger partial charge in [-0.1, -0.05) is 6.07 Å². The lowest BCUT2D eigenvalue weighted by Gasteiger charge is -2.02. The van der Waals surface area contributed by atoms with E-state index in [1.807, 2.05) is 6.07 Å². The predicted octanol–water partition coefficient (Wildman–Crippen LogP) is 3.25. The van der Waals surface area contributed by atoms with E-state index in [9.17, 15) is 0 Å². The van der Waals surface area contributed by atoms with Gasteiger partial charge in [0.1, 0.15) is 5.75 Å². The summed E-state index contributed by atoms with van der Waals surface area (Å²) < 4.78 is 6.23. The number of ether oxygens (including phenoxy) is 1. The first-order chi connectivity index (χ1) is 6.22. The van der Waals surface area contributed by atoms with Gasteiger partial charge in [-0.2, -0.15) is 0 Å². The van der Waals surface area contributed by atoms with E-state index in [-0.39, 0.29) is 0 Å². The van der Waals surface area contributed by atoms with Gasteiger partial charge in [-0.15, -0.1) is 0 Å². The molecule has 1 heterocycles. The van der Waals surface area contributed by atoms with Gasteiger partial charge in [0.15, 0.2) is 0 Å². The Hall–Kier alpha value is -0.960. The molecule has 0 spiro atoms. The summed E-state index contributed by atoms with van der Waals surface area (Å²) >= 11 is 3.41. The fourth-order valence-electron chi connectivity index (χ4n) is 1.47. The number of benzene rings is 1. The zero-order valence-electron chi connectivity index (χ0n) is 7.52. The highest BCUT2D eigenvalue weighted by Gasteiger charge is 2.06. The first-order valence-corrected chi connectivity index (χ1v) is 4.83. The number of aromatic amines is 1. The number of hydrogen-bond donors (Lipinski definition) is 1. The summed E-state index contributed by atoms with van der Waals surface area (Å²) in [5, 5.41) is 1.20. The van der Waals surface area contributed by atoms with Gasteiger partial charge in [-0.05, 0) is 40.5 Å². The molecule has 13 heavy (non-hydrogen) atoms. The van der Waals surface area contributed by atoms with Crippen molar-refractivity contribution in [1.29, 1.82) is 0 Å². The maximum atomic E-state index is 5.24. The van der Waals surface area contributed by atoms with Crippen molar-refractivity contribution in [2.24, 2.45) is 0 Å². The topological polar surface area (TPSA) is 25.0 Å². The van der Waals surface area contributed by atoms with Gasteiger partial charge >= 0.3 is 0 Å². The van der Waals surface area contributed by atoms with E-state index in [0.717, 1.165) is 15.9 Å². The molecule has 2 nitrogen and oxygen atoms in total. The van der Waals surface area contributed by atoms with Crippen LogP contribution in [0.25, 0.3) is 10.9 Å². The molecule has 1 aromatic carbocycles. The van der Waals surface area contributed by atoms with E-state index in [1.54, 1.807) is 7.11 Å². The van der Waals surface area contributed by atoms with Crippen molar-refractivity contribution in [3.05, 3.63) is 28.4 Å². The number of aromatic nitrogens is 1. The summed E-state index contributed by atoms with van der Waals surface area (Å²) in [5.41, 5.74) is 2.30. The van der Waals surface area contributed by atoms with Crippen LogP contribution in [-0.4, -0.2) is 12.1 Å². The van der Waals surface area contributed by atoms with Crippen LogP contribution in [0, 0.1) is 6.92 Å². The summed E-state index contributed by atoms with van der Waals surface area (Å²) in [7, 11) is 1.68. The maximum absolute atomic E-state index is 5.24. The molecule has 0 aliphatic heterocycles. The van der Waals surface area contributed by atoms with Crippen molar-refractivity contribution in [1.82, 2.24) is 4.98 Å². The van der Waals surface area contributed by atoms with Crippen molar-refractivity contribution < 1.29 is 4.74 Å². The van der Waals surface area contributed by atoms with Crippen LogP contribution in [0.3, 0.4) is 0 Å². The lowest BCUT2D eigenvalue weighted by Crippen LogP contribution is -1.85. The van der Waals surface area contributed by atoms with Crippen LogP contribution in [0.5, 0.6) is 5.75 Å². The van der Waals surface area contributed by atoms with Gasteiger partial charge in [0.25, 0.3) is 0 Å². The Labute approximate surface area is 85.0 Å². The number of nitrogens with one attached hydrogen (secondary N) is 1. The molecule has 2 rings (SSSR count). The van der Waals surface area contributed by atoms with Gasteiger partial charge in [0.05, 0.1) is 17.2 Å². The Morgan fingerprint density at radius 1 is 1.38 bits per heavy atom. The number of fused-ring (bicyclic) bond motifs is 1. The Balaban J connectivity index is 2.83. The SMILES string of the molecule is COc1ccc(C)c2cc(Br)[nH]c12. The molecule has 0 saturated heterocycles. The number of rotatable bonds is 1. The van der Waals surface area contributed by atoms with Crippen LogP contribution in [0.15, 0.2) is 22.8 Å². The lowest BCUT2D eigenvalue weighted by molar-refractivity contribution is 0.419. The number of halogens is 1. The maximum Gasteiger partial charge on any atom is 0.142 e. The largest absolute Gasteiger partial charge is 0.495 e. The number of aryl methyl sites for hydroxylation is 1. The van der Waals surface area contributed by atoms with E-state index in [2.05, 4.69) is 40.0 Å². The third-order valence-electron chi connectivity index (χ3n) is 2.16. The molecule has 0 atom stereocenters. The van der Waals surface area contributed by atoms with Crippen molar-refractivity contribution >= 4 is 26.8 Å². The van der Waals surface area contributed by atoms with Crippen LogP contribution in [0.2, 0.25) is 0 Å². The summed E-state index contributed by atoms with van der Waals surface area (Å²) in [4.78, 5) is 3.21. The van der Waals surface area contributed by atoms with E-state index >= 15 is 0 Å². The molecule has 1 aromatic heterocycles. The Bertz CT molecular complexity index is 447. The van der Waals surface area contributed by atoms with Crippen molar-refractivity contribution in [2.45, 2.75) is 6.92 Å². The fourth-order valence-corrected chi connectivity index (χ4v) is 1.90. The molecule has 68 valence electrons. The molecule has 0 saturated carbocycles. The van der Waals surface area contributed by atoms with Gasteiger partial charge in [-0.25, -0.2) is 0 Å². The number of methoxy groups -OCH3 is 1. The summed E-state index contributed by atoms with van der Waals surface area (Å²) in [6.07, 6.45) is 0. The molecule has 0 bridgehead atoms. The molecule has 0 aliphatic rings. The highest BCUT2D eigenvalue weighted by atomic mass is 79.9. The van der Waals surface area contributed by atoms with Gasteiger partial charge in [-0.3, -0.25) is 0 Å². The smallest absolute Gasteiger partial charge is 0.142 e. The van der Waals surface area contributed by atoms with E-state index in [4.69, 9.17) is 4.74 Å². The van der Waals surface area contributed by atoms with Gasteiger partial charge in [0, 0.05) is 5.39 Å². The summed E-state index contributed by atoms with van der Waals surface area (Å²) in [6.45, 7) is 2.09. The van der Waals surface area contributed by atoms with Crippen LogP contribution < -0.4 is 4.74 Å². The standard InChI is InChI=1S/C10H10BrNO/c1-6-3-4-8(13-2)10-7(6)5-9(11)12-10/h3-5,12H,1-2H3. The lowest BCUT2D eigenvalue weighted by atomic mass is 10.1. The van der Waals surface area contributed by atoms with E-state index < -0.39 is 0 Å². The van der Waals surface area contributed by atoms with Gasteiger partial charge < -0.3 is 9.72 Å². The second-order valence-electron chi connectivity index (χ2n) is 2.99. The minimum atomic E-state index is 0.881. The third-order valence-corrected chi connectivity index (χ3v) is 2.59. The van der Waals surface area contributed by atoms with Crippen molar-refractivity contribution in [3.63, 3.8) is 0 Å². The predicted molar refractivity (Wildman–Crippen MR) is 57.3 cm³/mol. The first kappa shape index (κ1) is 8.63. The molecule has 1 N–H and O–H groups in total. The molecule has 0 unspecified atom stereocenters. The van der Waals surface area contributed by atoms with E-state index in [0.29, 0.717) is 0 Å². The highest BCUT2D eigenvalue weighted by Crippen LogP contribution is 2.29.